The van der Waals surface area contributed by atoms with Gasteiger partial charge in [0.15, 0.2) is 0 Å². The van der Waals surface area contributed by atoms with Gasteiger partial charge >= 0.3 is 0 Å². The number of carbonyl (C=O) groups is 2. The third kappa shape index (κ3) is 3.55. The number of rotatable bonds is 5. The lowest BCUT2D eigenvalue weighted by Gasteiger charge is -2.30. The molecule has 2 saturated heterocycles. The maximum Gasteiger partial charge on any atom is 0.222 e. The van der Waals surface area contributed by atoms with Crippen LogP contribution in [-0.2, 0) is 16.1 Å². The highest BCUT2D eigenvalue weighted by Crippen LogP contribution is 2.45. The number of amides is 2. The van der Waals surface area contributed by atoms with Gasteiger partial charge in [0, 0.05) is 63.8 Å². The average Bonchev–Trinajstić information content (AvgIpc) is 3.38. The van der Waals surface area contributed by atoms with Gasteiger partial charge in [-0.2, -0.15) is 5.10 Å². The van der Waals surface area contributed by atoms with Crippen LogP contribution in [0.4, 0.5) is 0 Å². The fourth-order valence-corrected chi connectivity index (χ4v) is 4.87. The molecule has 0 bridgehead atoms. The fourth-order valence-electron chi connectivity index (χ4n) is 4.87. The van der Waals surface area contributed by atoms with Crippen LogP contribution in [0.5, 0.6) is 0 Å². The van der Waals surface area contributed by atoms with Crippen LogP contribution in [0.1, 0.15) is 36.9 Å². The van der Waals surface area contributed by atoms with E-state index in [0.717, 1.165) is 32.6 Å². The summed E-state index contributed by atoms with van der Waals surface area (Å²) >= 11 is 0. The standard InChI is InChI=1S/C22H28N4O2/c1-16-7-3-4-8-19(16)22-20-15-24(13-18(20)14-26(22)17(2)27)21(28)9-5-11-25-12-6-10-23-25/h3-4,6-8,10,12,18,20,22H,5,9,11,13-15H2,1-2H3/t18-,20-,22+/m1/s1. The van der Waals surface area contributed by atoms with E-state index in [9.17, 15) is 9.59 Å². The molecule has 0 spiro atoms. The number of carbonyl (C=O) groups excluding carboxylic acids is 2. The second-order valence-electron chi connectivity index (χ2n) is 8.07. The molecule has 2 aliphatic rings. The van der Waals surface area contributed by atoms with Crippen LogP contribution in [0, 0.1) is 18.8 Å². The van der Waals surface area contributed by atoms with Crippen LogP contribution in [0.2, 0.25) is 0 Å². The quantitative estimate of drug-likeness (QED) is 0.801. The Morgan fingerprint density at radius 3 is 2.68 bits per heavy atom. The Morgan fingerprint density at radius 2 is 1.96 bits per heavy atom. The first-order valence-electron chi connectivity index (χ1n) is 10.1. The third-order valence-electron chi connectivity index (χ3n) is 6.27. The Morgan fingerprint density at radius 1 is 1.14 bits per heavy atom. The highest BCUT2D eigenvalue weighted by Gasteiger charge is 2.49. The molecule has 3 atom stereocenters. The van der Waals surface area contributed by atoms with E-state index in [2.05, 4.69) is 24.2 Å². The molecule has 2 aromatic rings. The molecule has 0 unspecified atom stereocenters. The summed E-state index contributed by atoms with van der Waals surface area (Å²) in [5, 5.41) is 4.19. The zero-order chi connectivity index (χ0) is 19.7. The predicted octanol–water partition coefficient (Wildman–Crippen LogP) is 2.65. The first-order valence-corrected chi connectivity index (χ1v) is 10.1. The summed E-state index contributed by atoms with van der Waals surface area (Å²) in [5.41, 5.74) is 2.43. The lowest BCUT2D eigenvalue weighted by molar-refractivity contribution is -0.131. The second-order valence-corrected chi connectivity index (χ2v) is 8.07. The molecule has 0 N–H and O–H groups in total. The zero-order valence-corrected chi connectivity index (χ0v) is 16.6. The molecule has 148 valence electrons. The van der Waals surface area contributed by atoms with Gasteiger partial charge < -0.3 is 9.80 Å². The minimum Gasteiger partial charge on any atom is -0.342 e. The SMILES string of the molecule is CC(=O)N1C[C@H]2CN(C(=O)CCCn3cccn3)C[C@H]2[C@@H]1c1ccccc1C. The maximum atomic E-state index is 12.7. The highest BCUT2D eigenvalue weighted by atomic mass is 16.2. The monoisotopic (exact) mass is 380 g/mol. The maximum absolute atomic E-state index is 12.7. The van der Waals surface area contributed by atoms with E-state index in [-0.39, 0.29) is 17.9 Å². The Balaban J connectivity index is 1.43. The lowest BCUT2D eigenvalue weighted by Crippen LogP contribution is -2.36. The van der Waals surface area contributed by atoms with Crippen molar-refractivity contribution in [3.8, 4) is 0 Å². The first kappa shape index (κ1) is 18.7. The summed E-state index contributed by atoms with van der Waals surface area (Å²) in [6.45, 7) is 6.78. The largest absolute Gasteiger partial charge is 0.342 e. The lowest BCUT2D eigenvalue weighted by atomic mass is 9.87. The number of nitrogens with zero attached hydrogens (tertiary/aromatic N) is 4. The molecule has 28 heavy (non-hydrogen) atoms. The summed E-state index contributed by atoms with van der Waals surface area (Å²) in [4.78, 5) is 29.1. The molecule has 2 aliphatic heterocycles. The van der Waals surface area contributed by atoms with E-state index in [1.807, 2.05) is 38.9 Å². The molecule has 0 saturated carbocycles. The number of fused-ring (bicyclic) bond motifs is 1. The van der Waals surface area contributed by atoms with Gasteiger partial charge in [-0.15, -0.1) is 0 Å². The van der Waals surface area contributed by atoms with Crippen molar-refractivity contribution in [3.05, 3.63) is 53.9 Å². The summed E-state index contributed by atoms with van der Waals surface area (Å²) in [6, 6.07) is 10.3. The average molecular weight is 380 g/mol. The van der Waals surface area contributed by atoms with Crippen LogP contribution < -0.4 is 0 Å². The molecule has 3 heterocycles. The third-order valence-corrected chi connectivity index (χ3v) is 6.27. The number of hydrogen-bond donors (Lipinski definition) is 0. The number of hydrogen-bond acceptors (Lipinski definition) is 3. The van der Waals surface area contributed by atoms with Gasteiger partial charge in [-0.05, 0) is 30.5 Å². The number of benzene rings is 1. The van der Waals surface area contributed by atoms with Crippen molar-refractivity contribution in [1.82, 2.24) is 19.6 Å². The molecule has 0 radical (unpaired) electrons. The van der Waals surface area contributed by atoms with Gasteiger partial charge in [-0.3, -0.25) is 14.3 Å². The molecule has 2 amide bonds. The van der Waals surface area contributed by atoms with Crippen molar-refractivity contribution < 1.29 is 9.59 Å². The van der Waals surface area contributed by atoms with E-state index in [4.69, 9.17) is 0 Å². The summed E-state index contributed by atoms with van der Waals surface area (Å²) in [6.07, 6.45) is 5.03. The summed E-state index contributed by atoms with van der Waals surface area (Å²) < 4.78 is 1.87. The smallest absolute Gasteiger partial charge is 0.222 e. The van der Waals surface area contributed by atoms with Gasteiger partial charge in [0.1, 0.15) is 0 Å². The van der Waals surface area contributed by atoms with Crippen molar-refractivity contribution in [2.24, 2.45) is 11.8 Å². The molecular weight excluding hydrogens is 352 g/mol. The van der Waals surface area contributed by atoms with Crippen LogP contribution in [-0.4, -0.2) is 51.0 Å². The van der Waals surface area contributed by atoms with Gasteiger partial charge in [0.25, 0.3) is 0 Å². The van der Waals surface area contributed by atoms with E-state index < -0.39 is 0 Å². The van der Waals surface area contributed by atoms with Crippen LogP contribution in [0.25, 0.3) is 0 Å². The summed E-state index contributed by atoms with van der Waals surface area (Å²) in [5.74, 6) is 1.03. The number of likely N-dealkylation sites (tertiary alicyclic amines) is 2. The van der Waals surface area contributed by atoms with Gasteiger partial charge in [-0.25, -0.2) is 0 Å². The van der Waals surface area contributed by atoms with E-state index in [0.29, 0.717) is 18.3 Å². The van der Waals surface area contributed by atoms with Crippen molar-refractivity contribution in [3.63, 3.8) is 0 Å². The highest BCUT2D eigenvalue weighted by molar-refractivity contribution is 5.77. The topological polar surface area (TPSA) is 58.4 Å². The molecule has 1 aromatic carbocycles. The second kappa shape index (κ2) is 7.78. The van der Waals surface area contributed by atoms with Crippen LogP contribution >= 0.6 is 0 Å². The number of aryl methyl sites for hydroxylation is 2. The van der Waals surface area contributed by atoms with Gasteiger partial charge in [0.2, 0.25) is 11.8 Å². The van der Waals surface area contributed by atoms with Gasteiger partial charge in [-0.1, -0.05) is 24.3 Å². The molecule has 2 fully saturated rings. The van der Waals surface area contributed by atoms with Gasteiger partial charge in [0.05, 0.1) is 6.04 Å². The van der Waals surface area contributed by atoms with Crippen molar-refractivity contribution in [2.45, 2.75) is 39.3 Å². The number of aromatic nitrogens is 2. The molecule has 6 heteroatoms. The molecule has 4 rings (SSSR count). The van der Waals surface area contributed by atoms with Crippen molar-refractivity contribution >= 4 is 11.8 Å². The molecule has 6 nitrogen and oxygen atoms in total. The van der Waals surface area contributed by atoms with E-state index in [1.54, 1.807) is 13.1 Å². The van der Waals surface area contributed by atoms with Crippen molar-refractivity contribution in [1.29, 1.82) is 0 Å². The Bertz CT molecular complexity index is 848. The Labute approximate surface area is 166 Å². The van der Waals surface area contributed by atoms with Crippen LogP contribution in [0.15, 0.2) is 42.7 Å². The van der Waals surface area contributed by atoms with E-state index in [1.165, 1.54) is 11.1 Å². The first-order chi connectivity index (χ1) is 13.5. The predicted molar refractivity (Wildman–Crippen MR) is 106 cm³/mol. The Kier molecular flexibility index (Phi) is 5.20. The molecular formula is C22H28N4O2. The minimum atomic E-state index is 0.0746. The van der Waals surface area contributed by atoms with Crippen molar-refractivity contribution in [2.75, 3.05) is 19.6 Å². The zero-order valence-electron chi connectivity index (χ0n) is 16.6. The van der Waals surface area contributed by atoms with Crippen LogP contribution in [0.3, 0.4) is 0 Å². The van der Waals surface area contributed by atoms with E-state index >= 15 is 0 Å². The summed E-state index contributed by atoms with van der Waals surface area (Å²) in [7, 11) is 0. The normalized spacial score (nSPS) is 23.9. The fraction of sp³-hybridized carbons (Fsp3) is 0.500. The Hall–Kier alpha value is -2.63. The minimum absolute atomic E-state index is 0.0746. The molecule has 1 aromatic heterocycles. The molecule has 0 aliphatic carbocycles.